The van der Waals surface area contributed by atoms with Crippen molar-refractivity contribution in [1.82, 2.24) is 25.1 Å². The summed E-state index contributed by atoms with van der Waals surface area (Å²) >= 11 is 1.30. The van der Waals surface area contributed by atoms with E-state index in [1.165, 1.54) is 18.1 Å². The second-order valence-corrected chi connectivity index (χ2v) is 7.59. The normalized spacial score (nSPS) is 23.2. The van der Waals surface area contributed by atoms with Crippen LogP contribution in [0.25, 0.3) is 5.82 Å². The van der Waals surface area contributed by atoms with Gasteiger partial charge in [-0.2, -0.15) is 5.10 Å². The second-order valence-electron chi connectivity index (χ2n) is 6.49. The average molecular weight is 372 g/mol. The SMILES string of the molecule is O=C(N[C@@H]1CCSC1=O)[C@H]1CCCN(c2cc(-n3cccn3)ncn2)C1. The van der Waals surface area contributed by atoms with E-state index in [4.69, 9.17) is 0 Å². The molecule has 2 aliphatic heterocycles. The lowest BCUT2D eigenvalue weighted by Gasteiger charge is -2.33. The zero-order valence-corrected chi connectivity index (χ0v) is 15.1. The number of carbonyl (C=O) groups is 2. The van der Waals surface area contributed by atoms with Crippen molar-refractivity contribution in [3.05, 3.63) is 30.9 Å². The number of piperidine rings is 1. The fraction of sp³-hybridized carbons (Fsp3) is 0.471. The smallest absolute Gasteiger partial charge is 0.225 e. The second kappa shape index (κ2) is 7.45. The highest BCUT2D eigenvalue weighted by molar-refractivity contribution is 8.14. The van der Waals surface area contributed by atoms with Gasteiger partial charge in [0.1, 0.15) is 12.1 Å². The molecule has 1 N–H and O–H groups in total. The minimum Gasteiger partial charge on any atom is -0.356 e. The van der Waals surface area contributed by atoms with Crippen LogP contribution in [-0.2, 0) is 9.59 Å². The number of nitrogens with one attached hydrogen (secondary N) is 1. The first-order valence-corrected chi connectivity index (χ1v) is 9.73. The largest absolute Gasteiger partial charge is 0.356 e. The molecule has 9 heteroatoms. The molecule has 4 heterocycles. The van der Waals surface area contributed by atoms with Crippen LogP contribution >= 0.6 is 11.8 Å². The standard InChI is InChI=1S/C17H20N6O2S/c24-16(21-13-4-8-26-17(13)25)12-3-1-6-22(10-12)14-9-15(19-11-18-14)23-7-2-5-20-23/h2,5,7,9,11-13H,1,3-4,6,8,10H2,(H,21,24)/t12-,13+/m0/s1. The molecule has 0 aliphatic carbocycles. The Hall–Kier alpha value is -2.42. The highest BCUT2D eigenvalue weighted by Crippen LogP contribution is 2.24. The summed E-state index contributed by atoms with van der Waals surface area (Å²) in [6.07, 6.45) is 7.51. The van der Waals surface area contributed by atoms with E-state index in [1.54, 1.807) is 10.9 Å². The Morgan fingerprint density at radius 3 is 2.92 bits per heavy atom. The van der Waals surface area contributed by atoms with Crippen LogP contribution in [0.1, 0.15) is 19.3 Å². The van der Waals surface area contributed by atoms with Crippen LogP contribution in [0.5, 0.6) is 0 Å². The molecular weight excluding hydrogens is 352 g/mol. The Kier molecular flexibility index (Phi) is 4.87. The fourth-order valence-corrected chi connectivity index (χ4v) is 4.29. The number of anilines is 1. The first-order valence-electron chi connectivity index (χ1n) is 8.75. The van der Waals surface area contributed by atoms with Gasteiger partial charge >= 0.3 is 0 Å². The van der Waals surface area contributed by atoms with E-state index in [9.17, 15) is 9.59 Å². The Morgan fingerprint density at radius 2 is 2.15 bits per heavy atom. The third kappa shape index (κ3) is 3.57. The molecule has 1 amide bonds. The summed E-state index contributed by atoms with van der Waals surface area (Å²) in [6.45, 7) is 1.44. The van der Waals surface area contributed by atoms with Crippen LogP contribution < -0.4 is 10.2 Å². The molecule has 2 saturated heterocycles. The maximum absolute atomic E-state index is 12.6. The average Bonchev–Trinajstić information content (AvgIpc) is 3.35. The van der Waals surface area contributed by atoms with Crippen molar-refractivity contribution in [2.45, 2.75) is 25.3 Å². The molecule has 0 unspecified atom stereocenters. The van der Waals surface area contributed by atoms with Gasteiger partial charge in [0.05, 0.1) is 12.0 Å². The van der Waals surface area contributed by atoms with Crippen molar-refractivity contribution in [3.63, 3.8) is 0 Å². The van der Waals surface area contributed by atoms with Crippen molar-refractivity contribution < 1.29 is 9.59 Å². The molecule has 2 aromatic heterocycles. The number of carbonyl (C=O) groups excluding carboxylic acids is 2. The lowest BCUT2D eigenvalue weighted by Crippen LogP contribution is -2.47. The molecule has 0 spiro atoms. The van der Waals surface area contributed by atoms with Gasteiger partial charge in [-0.05, 0) is 25.3 Å². The summed E-state index contributed by atoms with van der Waals surface area (Å²) in [5.74, 6) is 2.11. The van der Waals surface area contributed by atoms with Gasteiger partial charge in [-0.3, -0.25) is 9.59 Å². The predicted octanol–water partition coefficient (Wildman–Crippen LogP) is 1.03. The Morgan fingerprint density at radius 1 is 1.27 bits per heavy atom. The summed E-state index contributed by atoms with van der Waals surface area (Å²) < 4.78 is 1.68. The van der Waals surface area contributed by atoms with E-state index in [-0.39, 0.29) is 23.0 Å². The first-order chi connectivity index (χ1) is 12.7. The quantitative estimate of drug-likeness (QED) is 0.857. The number of aromatic nitrogens is 4. The van der Waals surface area contributed by atoms with Crippen LogP contribution in [-0.4, -0.2) is 55.7 Å². The minimum atomic E-state index is -0.326. The maximum Gasteiger partial charge on any atom is 0.225 e. The zero-order chi connectivity index (χ0) is 17.9. The van der Waals surface area contributed by atoms with Crippen molar-refractivity contribution in [1.29, 1.82) is 0 Å². The third-order valence-corrected chi connectivity index (χ3v) is 5.75. The summed E-state index contributed by atoms with van der Waals surface area (Å²) in [5.41, 5.74) is 0. The highest BCUT2D eigenvalue weighted by Gasteiger charge is 2.32. The van der Waals surface area contributed by atoms with E-state index in [0.29, 0.717) is 12.4 Å². The molecule has 26 heavy (non-hydrogen) atoms. The van der Waals surface area contributed by atoms with Gasteiger partial charge in [0.15, 0.2) is 5.82 Å². The van der Waals surface area contributed by atoms with Gasteiger partial charge in [0, 0.05) is 37.3 Å². The molecule has 2 atom stereocenters. The number of hydrogen-bond donors (Lipinski definition) is 1. The molecule has 2 aliphatic rings. The van der Waals surface area contributed by atoms with Gasteiger partial charge < -0.3 is 10.2 Å². The Bertz CT molecular complexity index is 796. The Balaban J connectivity index is 1.44. The molecular formula is C17H20N6O2S. The first kappa shape index (κ1) is 17.0. The minimum absolute atomic E-state index is 0.0306. The number of thioether (sulfide) groups is 1. The molecule has 2 fully saturated rings. The van der Waals surface area contributed by atoms with E-state index in [0.717, 1.165) is 37.4 Å². The van der Waals surface area contributed by atoms with Crippen LogP contribution in [0.15, 0.2) is 30.9 Å². The zero-order valence-electron chi connectivity index (χ0n) is 14.2. The van der Waals surface area contributed by atoms with Gasteiger partial charge in [0.25, 0.3) is 0 Å². The highest BCUT2D eigenvalue weighted by atomic mass is 32.2. The summed E-state index contributed by atoms with van der Waals surface area (Å²) in [7, 11) is 0. The van der Waals surface area contributed by atoms with Gasteiger partial charge in [-0.15, -0.1) is 0 Å². The van der Waals surface area contributed by atoms with Crippen LogP contribution in [0.2, 0.25) is 0 Å². The van der Waals surface area contributed by atoms with Crippen molar-refractivity contribution in [3.8, 4) is 5.82 Å². The topological polar surface area (TPSA) is 93.0 Å². The van der Waals surface area contributed by atoms with E-state index in [2.05, 4.69) is 25.3 Å². The molecule has 2 aromatic rings. The van der Waals surface area contributed by atoms with E-state index >= 15 is 0 Å². The van der Waals surface area contributed by atoms with Gasteiger partial charge in [0.2, 0.25) is 11.0 Å². The molecule has 0 aromatic carbocycles. The van der Waals surface area contributed by atoms with Gasteiger partial charge in [-0.1, -0.05) is 11.8 Å². The monoisotopic (exact) mass is 372 g/mol. The number of amides is 1. The fourth-order valence-electron chi connectivity index (χ4n) is 3.36. The summed E-state index contributed by atoms with van der Waals surface area (Å²) in [6, 6.07) is 3.39. The summed E-state index contributed by atoms with van der Waals surface area (Å²) in [4.78, 5) is 35.0. The van der Waals surface area contributed by atoms with Crippen molar-refractivity contribution in [2.75, 3.05) is 23.7 Å². The Labute approximate surface area is 155 Å². The summed E-state index contributed by atoms with van der Waals surface area (Å²) in [5, 5.41) is 7.19. The lowest BCUT2D eigenvalue weighted by atomic mass is 9.96. The molecule has 0 radical (unpaired) electrons. The van der Waals surface area contributed by atoms with Crippen LogP contribution in [0, 0.1) is 5.92 Å². The number of hydrogen-bond acceptors (Lipinski definition) is 7. The van der Waals surface area contributed by atoms with Gasteiger partial charge in [-0.25, -0.2) is 14.6 Å². The van der Waals surface area contributed by atoms with Crippen LogP contribution in [0.4, 0.5) is 5.82 Å². The maximum atomic E-state index is 12.6. The van der Waals surface area contributed by atoms with Crippen molar-refractivity contribution >= 4 is 28.6 Å². The molecule has 0 saturated carbocycles. The molecule has 136 valence electrons. The number of rotatable bonds is 4. The number of nitrogens with zero attached hydrogens (tertiary/aromatic N) is 5. The van der Waals surface area contributed by atoms with E-state index in [1.807, 2.05) is 18.3 Å². The van der Waals surface area contributed by atoms with Crippen molar-refractivity contribution in [2.24, 2.45) is 5.92 Å². The van der Waals surface area contributed by atoms with Crippen LogP contribution in [0.3, 0.4) is 0 Å². The van der Waals surface area contributed by atoms with E-state index < -0.39 is 0 Å². The molecule has 4 rings (SSSR count). The molecule has 8 nitrogen and oxygen atoms in total. The lowest BCUT2D eigenvalue weighted by molar-refractivity contribution is -0.128. The third-order valence-electron chi connectivity index (χ3n) is 4.75. The molecule has 0 bridgehead atoms. The predicted molar refractivity (Wildman–Crippen MR) is 98.1 cm³/mol.